The van der Waals surface area contributed by atoms with E-state index in [1.165, 1.54) is 18.7 Å². The molecule has 0 bridgehead atoms. The van der Waals surface area contributed by atoms with Crippen LogP contribution in [0, 0.1) is 11.8 Å². The Morgan fingerprint density at radius 2 is 1.08 bits per heavy atom. The van der Waals surface area contributed by atoms with Gasteiger partial charge in [-0.25, -0.2) is 4.79 Å². The number of rotatable bonds is 29. The summed E-state index contributed by atoms with van der Waals surface area (Å²) in [6.07, 6.45) is 0.547. The molecule has 8 amide bonds. The maximum atomic E-state index is 14.3. The maximum Gasteiger partial charge on any atom is 0.326 e. The van der Waals surface area contributed by atoms with E-state index in [1.807, 2.05) is 6.26 Å². The summed E-state index contributed by atoms with van der Waals surface area (Å²) in [4.78, 5) is 118. The van der Waals surface area contributed by atoms with Crippen LogP contribution in [-0.4, -0.2) is 124 Å². The van der Waals surface area contributed by atoms with Gasteiger partial charge in [-0.15, -0.1) is 0 Å². The van der Waals surface area contributed by atoms with Crippen molar-refractivity contribution < 1.29 is 53.4 Å². The SMILES string of the molecule is CC[C@H](C)[C@H](NC(=O)[C@H](Cc1ccccc1)NC(=O)[C@H](Cc1ccccc1)NC(=O)[C@H](CCSC)NC=O)C(=O)N[C@@H](CC(N)=O)C(=O)N[C@H](C(=O)N[C@@H](CC(C)C)C(=O)O)[C@@H](C)O. The van der Waals surface area contributed by atoms with Gasteiger partial charge in [0.05, 0.1) is 12.5 Å². The van der Waals surface area contributed by atoms with E-state index >= 15 is 0 Å². The molecule has 0 aromatic heterocycles. The molecule has 0 fully saturated rings. The van der Waals surface area contributed by atoms with Gasteiger partial charge < -0.3 is 53.2 Å². The van der Waals surface area contributed by atoms with Crippen molar-refractivity contribution in [3.63, 3.8) is 0 Å². The monoisotopic (exact) mass is 912 g/mol. The van der Waals surface area contributed by atoms with Gasteiger partial charge in [0.25, 0.3) is 0 Å². The van der Waals surface area contributed by atoms with Crippen molar-refractivity contribution in [2.75, 3.05) is 12.0 Å². The molecule has 19 nitrogen and oxygen atoms in total. The molecule has 20 heteroatoms. The molecule has 352 valence electrons. The van der Waals surface area contributed by atoms with Crippen LogP contribution in [0.25, 0.3) is 0 Å². The van der Waals surface area contributed by atoms with Crippen molar-refractivity contribution in [2.24, 2.45) is 17.6 Å². The Balaban J connectivity index is 2.45. The van der Waals surface area contributed by atoms with Crippen LogP contribution >= 0.6 is 11.8 Å². The van der Waals surface area contributed by atoms with Crippen LogP contribution in [0.5, 0.6) is 0 Å². The molecule has 0 aliphatic rings. The number of amides is 8. The van der Waals surface area contributed by atoms with Crippen LogP contribution in [0.2, 0.25) is 0 Å². The number of hydrogen-bond acceptors (Lipinski definition) is 11. The van der Waals surface area contributed by atoms with Crippen molar-refractivity contribution in [3.8, 4) is 0 Å². The quantitative estimate of drug-likeness (QED) is 0.0470. The normalized spacial score (nSPS) is 15.2. The summed E-state index contributed by atoms with van der Waals surface area (Å²) in [6, 6.07) is 7.91. The number of primary amides is 1. The van der Waals surface area contributed by atoms with Crippen molar-refractivity contribution in [3.05, 3.63) is 71.8 Å². The van der Waals surface area contributed by atoms with Crippen LogP contribution in [-0.2, 0) is 56.0 Å². The van der Waals surface area contributed by atoms with Crippen LogP contribution in [0.4, 0.5) is 0 Å². The number of aliphatic hydroxyl groups is 1. The molecule has 11 N–H and O–H groups in total. The second-order valence-electron chi connectivity index (χ2n) is 16.0. The number of aliphatic carboxylic acids is 1. The molecular formula is C44H64N8O11S. The molecule has 2 rings (SSSR count). The Bertz CT molecular complexity index is 1870. The number of carbonyl (C=O) groups is 9. The third kappa shape index (κ3) is 18.8. The van der Waals surface area contributed by atoms with E-state index in [9.17, 15) is 53.4 Å². The molecule has 0 aliphatic carbocycles. The lowest BCUT2D eigenvalue weighted by atomic mass is 9.96. The summed E-state index contributed by atoms with van der Waals surface area (Å²) in [7, 11) is 0. The minimum atomic E-state index is -1.72. The van der Waals surface area contributed by atoms with Gasteiger partial charge in [0.15, 0.2) is 0 Å². The van der Waals surface area contributed by atoms with E-state index in [-0.39, 0.29) is 31.6 Å². The minimum Gasteiger partial charge on any atom is -0.480 e. The summed E-state index contributed by atoms with van der Waals surface area (Å²) in [6.45, 7) is 8.05. The van der Waals surface area contributed by atoms with Crippen molar-refractivity contribution in [1.29, 1.82) is 0 Å². The number of hydrogen-bond donors (Lipinski definition) is 10. The second kappa shape index (κ2) is 27.9. The first-order valence-corrected chi connectivity index (χ1v) is 22.5. The first kappa shape index (κ1) is 54.1. The molecule has 0 radical (unpaired) electrons. The van der Waals surface area contributed by atoms with Gasteiger partial charge in [0.2, 0.25) is 47.8 Å². The maximum absolute atomic E-state index is 14.3. The number of nitrogens with one attached hydrogen (secondary N) is 7. The van der Waals surface area contributed by atoms with Gasteiger partial charge in [-0.05, 0) is 54.7 Å². The Morgan fingerprint density at radius 1 is 0.641 bits per heavy atom. The van der Waals surface area contributed by atoms with Crippen LogP contribution < -0.4 is 43.0 Å². The molecule has 64 heavy (non-hydrogen) atoms. The summed E-state index contributed by atoms with van der Waals surface area (Å²) >= 11 is 1.47. The third-order valence-corrected chi connectivity index (χ3v) is 10.9. The highest BCUT2D eigenvalue weighted by Crippen LogP contribution is 2.13. The lowest BCUT2D eigenvalue weighted by Gasteiger charge is -2.30. The number of carboxylic acids is 1. The Kier molecular flexibility index (Phi) is 23.6. The Morgan fingerprint density at radius 3 is 1.52 bits per heavy atom. The summed E-state index contributed by atoms with van der Waals surface area (Å²) in [5, 5.41) is 37.7. The highest BCUT2D eigenvalue weighted by Gasteiger charge is 2.37. The average Bonchev–Trinajstić information content (AvgIpc) is 3.24. The van der Waals surface area contributed by atoms with E-state index in [2.05, 4.69) is 37.2 Å². The van der Waals surface area contributed by atoms with Crippen molar-refractivity contribution >= 4 is 65.5 Å². The largest absolute Gasteiger partial charge is 0.480 e. The number of nitrogens with two attached hydrogens (primary N) is 1. The Labute approximate surface area is 378 Å². The topological polar surface area (TPSA) is 304 Å². The molecule has 0 aliphatic heterocycles. The number of benzene rings is 2. The summed E-state index contributed by atoms with van der Waals surface area (Å²) in [5.41, 5.74) is 6.77. The molecule has 0 unspecified atom stereocenters. The Hall–Kier alpha value is -6.02. The lowest BCUT2D eigenvalue weighted by molar-refractivity contribution is -0.143. The third-order valence-electron chi connectivity index (χ3n) is 10.2. The van der Waals surface area contributed by atoms with E-state index in [0.717, 1.165) is 0 Å². The van der Waals surface area contributed by atoms with E-state index in [0.29, 0.717) is 29.7 Å². The van der Waals surface area contributed by atoms with Crippen LogP contribution in [0.3, 0.4) is 0 Å². The second-order valence-corrected chi connectivity index (χ2v) is 17.0. The zero-order valence-electron chi connectivity index (χ0n) is 37.1. The fourth-order valence-electron chi connectivity index (χ4n) is 6.51. The number of carboxylic acid groups (broad SMARTS) is 1. The van der Waals surface area contributed by atoms with Gasteiger partial charge in [0, 0.05) is 12.8 Å². The molecular weight excluding hydrogens is 849 g/mol. The zero-order valence-corrected chi connectivity index (χ0v) is 37.9. The number of carbonyl (C=O) groups excluding carboxylic acids is 8. The van der Waals surface area contributed by atoms with Crippen molar-refractivity contribution in [1.82, 2.24) is 37.2 Å². The zero-order chi connectivity index (χ0) is 47.9. The summed E-state index contributed by atoms with van der Waals surface area (Å²) in [5.74, 6) is -7.78. The van der Waals surface area contributed by atoms with Gasteiger partial charge >= 0.3 is 5.97 Å². The molecule has 0 saturated heterocycles. The minimum absolute atomic E-state index is 0.0192. The lowest BCUT2D eigenvalue weighted by Crippen LogP contribution is -2.62. The molecule has 0 heterocycles. The smallest absolute Gasteiger partial charge is 0.326 e. The molecule has 9 atom stereocenters. The van der Waals surface area contributed by atoms with Crippen molar-refractivity contribution in [2.45, 2.75) is 122 Å². The van der Waals surface area contributed by atoms with Gasteiger partial charge in [-0.1, -0.05) is 94.8 Å². The van der Waals surface area contributed by atoms with Gasteiger partial charge in [0.1, 0.15) is 42.3 Å². The highest BCUT2D eigenvalue weighted by atomic mass is 32.2. The molecule has 0 saturated carbocycles. The number of thioether (sulfide) groups is 1. The highest BCUT2D eigenvalue weighted by molar-refractivity contribution is 7.98. The van der Waals surface area contributed by atoms with E-state index in [1.54, 1.807) is 88.4 Å². The van der Waals surface area contributed by atoms with Crippen LogP contribution in [0.1, 0.15) is 71.4 Å². The molecule has 2 aromatic rings. The standard InChI is InChI=1S/C44H64N8O11S/c1-7-26(4)36(42(60)49-33(23-35(45)55)41(59)52-37(27(5)54)43(61)50-34(44(62)63)20-25(2)3)51-40(58)32(22-29-16-12-9-13-17-29)48-39(57)31(21-28-14-10-8-11-15-28)47-38(56)30(46-24-53)18-19-64-6/h8-17,24-27,30-34,36-37,54H,7,18-23H2,1-6H3,(H2,45,55)(H,46,53)(H,47,56)(H,48,57)(H,49,60)(H,50,61)(H,51,58)(H,52,59)(H,62,63)/t26-,27+,30-,31-,32-,33-,34-,36-,37-/m0/s1. The fourth-order valence-corrected chi connectivity index (χ4v) is 6.98. The molecule has 2 aromatic carbocycles. The van der Waals surface area contributed by atoms with Crippen LogP contribution in [0.15, 0.2) is 60.7 Å². The van der Waals surface area contributed by atoms with Gasteiger partial charge in [-0.2, -0.15) is 11.8 Å². The van der Waals surface area contributed by atoms with Gasteiger partial charge in [-0.3, -0.25) is 38.4 Å². The predicted octanol–water partition coefficient (Wildman–Crippen LogP) is -0.319. The molecule has 0 spiro atoms. The van der Waals surface area contributed by atoms with E-state index in [4.69, 9.17) is 5.73 Å². The van der Waals surface area contributed by atoms with E-state index < -0.39 is 108 Å². The first-order valence-electron chi connectivity index (χ1n) is 21.1. The number of aliphatic hydroxyl groups excluding tert-OH is 1. The predicted molar refractivity (Wildman–Crippen MR) is 240 cm³/mol. The average molecular weight is 913 g/mol. The fraction of sp³-hybridized carbons (Fsp3) is 0.523. The first-order chi connectivity index (χ1) is 30.3. The summed E-state index contributed by atoms with van der Waals surface area (Å²) < 4.78 is 0.